The van der Waals surface area contributed by atoms with Crippen LogP contribution >= 0.6 is 0 Å². The number of aromatic nitrogens is 2. The molecule has 0 atom stereocenters. The molecule has 2 rings (SSSR count). The van der Waals surface area contributed by atoms with E-state index < -0.39 is 0 Å². The normalized spacial score (nSPS) is 15.5. The molecule has 1 N–H and O–H groups in total. The fraction of sp³-hybridized carbons (Fsp3) is 0.684. The summed E-state index contributed by atoms with van der Waals surface area (Å²) in [6.45, 7) is 12.8. The van der Waals surface area contributed by atoms with Crippen molar-refractivity contribution in [2.75, 3.05) is 51.4 Å². The lowest BCUT2D eigenvalue weighted by atomic mass is 9.97. The molecule has 1 aromatic rings. The van der Waals surface area contributed by atoms with Crippen molar-refractivity contribution in [1.29, 1.82) is 0 Å². The Hall–Kier alpha value is -1.70. The van der Waals surface area contributed by atoms with E-state index in [2.05, 4.69) is 26.8 Å². The Balaban J connectivity index is 1.72. The van der Waals surface area contributed by atoms with Crippen LogP contribution in [0.3, 0.4) is 0 Å². The zero-order valence-electron chi connectivity index (χ0n) is 16.2. The van der Waals surface area contributed by atoms with Gasteiger partial charge in [-0.3, -0.25) is 0 Å². The minimum Gasteiger partial charge on any atom is -0.497 e. The third-order valence-corrected chi connectivity index (χ3v) is 4.55. The average molecular weight is 364 g/mol. The van der Waals surface area contributed by atoms with Crippen LogP contribution in [0.25, 0.3) is 5.76 Å². The molecule has 7 nitrogen and oxygen atoms in total. The van der Waals surface area contributed by atoms with E-state index in [1.165, 1.54) is 0 Å². The lowest BCUT2D eigenvalue weighted by molar-refractivity contribution is -0.133. The molecule has 1 aromatic heterocycles. The summed E-state index contributed by atoms with van der Waals surface area (Å²) in [4.78, 5) is 11.1. The highest BCUT2D eigenvalue weighted by Crippen LogP contribution is 2.21. The van der Waals surface area contributed by atoms with Crippen LogP contribution in [-0.4, -0.2) is 62.8 Å². The molecule has 26 heavy (non-hydrogen) atoms. The lowest BCUT2D eigenvalue weighted by Gasteiger charge is -2.32. The van der Waals surface area contributed by atoms with Gasteiger partial charge in [0.25, 0.3) is 0 Å². The van der Waals surface area contributed by atoms with E-state index in [1.807, 2.05) is 13.8 Å². The van der Waals surface area contributed by atoms with Gasteiger partial charge in [-0.15, -0.1) is 0 Å². The topological polar surface area (TPSA) is 68.7 Å². The van der Waals surface area contributed by atoms with Gasteiger partial charge in [-0.1, -0.05) is 6.58 Å². The Morgan fingerprint density at radius 3 is 2.38 bits per heavy atom. The Morgan fingerprint density at radius 1 is 1.23 bits per heavy atom. The number of methoxy groups -OCH3 is 1. The van der Waals surface area contributed by atoms with E-state index in [0.29, 0.717) is 24.9 Å². The summed E-state index contributed by atoms with van der Waals surface area (Å²) in [6.07, 6.45) is 5.62. The quantitative estimate of drug-likeness (QED) is 0.477. The van der Waals surface area contributed by atoms with Crippen LogP contribution in [0.4, 0.5) is 5.95 Å². The summed E-state index contributed by atoms with van der Waals surface area (Å²) in [5.74, 6) is 2.01. The molecule has 0 spiro atoms. The number of nitrogens with one attached hydrogen (secondary N) is 1. The third kappa shape index (κ3) is 6.23. The number of hydrogen-bond acceptors (Lipinski definition) is 7. The van der Waals surface area contributed by atoms with Crippen molar-refractivity contribution in [1.82, 2.24) is 15.3 Å². The van der Waals surface area contributed by atoms with Gasteiger partial charge in [0.05, 0.1) is 12.7 Å². The van der Waals surface area contributed by atoms with E-state index in [4.69, 9.17) is 14.2 Å². The van der Waals surface area contributed by atoms with Gasteiger partial charge >= 0.3 is 0 Å². The predicted molar refractivity (Wildman–Crippen MR) is 103 cm³/mol. The van der Waals surface area contributed by atoms with Crippen molar-refractivity contribution in [2.24, 2.45) is 5.92 Å². The molecular weight excluding hydrogens is 332 g/mol. The van der Waals surface area contributed by atoms with Gasteiger partial charge in [0.15, 0.2) is 6.29 Å². The molecule has 0 aromatic carbocycles. The van der Waals surface area contributed by atoms with Gasteiger partial charge < -0.3 is 24.4 Å². The van der Waals surface area contributed by atoms with Crippen molar-refractivity contribution in [3.05, 3.63) is 24.5 Å². The second-order valence-electron chi connectivity index (χ2n) is 6.33. The van der Waals surface area contributed by atoms with Gasteiger partial charge in [-0.2, -0.15) is 0 Å². The van der Waals surface area contributed by atoms with E-state index in [9.17, 15) is 0 Å². The van der Waals surface area contributed by atoms with Gasteiger partial charge in [-0.05, 0) is 39.2 Å². The smallest absolute Gasteiger partial charge is 0.225 e. The van der Waals surface area contributed by atoms with Crippen molar-refractivity contribution >= 4 is 11.7 Å². The zero-order chi connectivity index (χ0) is 18.8. The van der Waals surface area contributed by atoms with Crippen LogP contribution < -0.4 is 10.2 Å². The van der Waals surface area contributed by atoms with E-state index in [0.717, 1.165) is 50.5 Å². The van der Waals surface area contributed by atoms with Crippen LogP contribution in [0.2, 0.25) is 0 Å². The van der Waals surface area contributed by atoms with Crippen LogP contribution in [0.1, 0.15) is 32.3 Å². The van der Waals surface area contributed by atoms with Crippen LogP contribution in [0.15, 0.2) is 19.0 Å². The van der Waals surface area contributed by atoms with Crippen LogP contribution in [0.5, 0.6) is 0 Å². The van der Waals surface area contributed by atoms with Crippen LogP contribution in [0, 0.1) is 5.92 Å². The first-order valence-corrected chi connectivity index (χ1v) is 9.42. The lowest BCUT2D eigenvalue weighted by Crippen LogP contribution is -2.40. The molecule has 0 radical (unpaired) electrons. The fourth-order valence-corrected chi connectivity index (χ4v) is 3.03. The summed E-state index contributed by atoms with van der Waals surface area (Å²) >= 11 is 0. The number of anilines is 1. The Labute approximate surface area is 156 Å². The molecule has 146 valence electrons. The molecule has 7 heteroatoms. The maximum atomic E-state index is 5.56. The SMILES string of the molecule is C=C(OC)c1cnc(N2CCC(CNCC(OCC)OCC)CC2)nc1. The third-order valence-electron chi connectivity index (χ3n) is 4.55. The van der Waals surface area contributed by atoms with E-state index in [-0.39, 0.29) is 6.29 Å². The number of hydrogen-bond donors (Lipinski definition) is 1. The molecule has 0 saturated carbocycles. The minimum absolute atomic E-state index is 0.154. The van der Waals surface area contributed by atoms with Gasteiger partial charge in [0.1, 0.15) is 5.76 Å². The fourth-order valence-electron chi connectivity index (χ4n) is 3.03. The van der Waals surface area contributed by atoms with Crippen molar-refractivity contribution < 1.29 is 14.2 Å². The minimum atomic E-state index is -0.154. The summed E-state index contributed by atoms with van der Waals surface area (Å²) < 4.78 is 16.2. The Kier molecular flexibility index (Phi) is 8.80. The van der Waals surface area contributed by atoms with Crippen molar-refractivity contribution in [2.45, 2.75) is 33.0 Å². The van der Waals surface area contributed by atoms with Crippen molar-refractivity contribution in [3.63, 3.8) is 0 Å². The highest BCUT2D eigenvalue weighted by Gasteiger charge is 2.21. The van der Waals surface area contributed by atoms with E-state index >= 15 is 0 Å². The first-order valence-electron chi connectivity index (χ1n) is 9.42. The summed E-state index contributed by atoms with van der Waals surface area (Å²) in [6, 6.07) is 0. The summed E-state index contributed by atoms with van der Waals surface area (Å²) in [5.41, 5.74) is 0.813. The molecule has 1 fully saturated rings. The molecule has 0 unspecified atom stereocenters. The maximum Gasteiger partial charge on any atom is 0.225 e. The molecular formula is C19H32N4O3. The number of ether oxygens (including phenoxy) is 3. The second-order valence-corrected chi connectivity index (χ2v) is 6.33. The maximum absolute atomic E-state index is 5.56. The number of rotatable bonds is 11. The molecule has 0 bridgehead atoms. The highest BCUT2D eigenvalue weighted by atomic mass is 16.7. The highest BCUT2D eigenvalue weighted by molar-refractivity contribution is 5.55. The molecule has 1 aliphatic heterocycles. The van der Waals surface area contributed by atoms with E-state index in [1.54, 1.807) is 19.5 Å². The van der Waals surface area contributed by atoms with Gasteiger partial charge in [0, 0.05) is 45.2 Å². The molecule has 1 saturated heterocycles. The molecule has 2 heterocycles. The first-order chi connectivity index (χ1) is 12.7. The second kappa shape index (κ2) is 11.1. The number of nitrogens with zero attached hydrogens (tertiary/aromatic N) is 3. The monoisotopic (exact) mass is 364 g/mol. The molecule has 1 aliphatic rings. The average Bonchev–Trinajstić information content (AvgIpc) is 2.68. The summed E-state index contributed by atoms with van der Waals surface area (Å²) in [7, 11) is 1.60. The van der Waals surface area contributed by atoms with Gasteiger partial charge in [0.2, 0.25) is 5.95 Å². The van der Waals surface area contributed by atoms with Crippen LogP contribution in [-0.2, 0) is 14.2 Å². The number of piperidine rings is 1. The predicted octanol–water partition coefficient (Wildman–Crippen LogP) is 2.30. The molecule has 0 aliphatic carbocycles. The largest absolute Gasteiger partial charge is 0.497 e. The summed E-state index contributed by atoms with van der Waals surface area (Å²) in [5, 5.41) is 3.48. The van der Waals surface area contributed by atoms with Crippen molar-refractivity contribution in [3.8, 4) is 0 Å². The zero-order valence-corrected chi connectivity index (χ0v) is 16.2. The standard InChI is InChI=1S/C19H32N4O3/c1-5-25-18(26-6-2)14-20-11-16-7-9-23(10-8-16)19-21-12-17(13-22-19)15(3)24-4/h12-13,16,18,20H,3,5-11,14H2,1-2,4H3. The Bertz CT molecular complexity index is 524. The molecule has 0 amide bonds. The Morgan fingerprint density at radius 2 is 1.85 bits per heavy atom. The van der Waals surface area contributed by atoms with Gasteiger partial charge in [-0.25, -0.2) is 9.97 Å². The first kappa shape index (κ1) is 20.6.